The molecule has 0 aromatic heterocycles. The number of fused-ring (bicyclic) bond motifs is 5. The van der Waals surface area contributed by atoms with Crippen LogP contribution in [0.15, 0.2) is 11.6 Å². The van der Waals surface area contributed by atoms with E-state index in [0.717, 1.165) is 37.8 Å². The molecule has 3 fully saturated rings. The van der Waals surface area contributed by atoms with Crippen molar-refractivity contribution in [1.29, 1.82) is 5.41 Å². The van der Waals surface area contributed by atoms with Gasteiger partial charge in [0, 0.05) is 16.7 Å². The third-order valence-corrected chi connectivity index (χ3v) is 8.72. The molecule has 24 heavy (non-hydrogen) atoms. The minimum atomic E-state index is -0.248. The number of aliphatic hydroxyl groups excluding tert-OH is 1. The molecule has 0 amide bonds. The molecule has 0 aromatic carbocycles. The fourth-order valence-corrected chi connectivity index (χ4v) is 6.98. The Labute approximate surface area is 146 Å². The Balaban J connectivity index is 1.71. The molecule has 3 N–H and O–H groups in total. The van der Waals surface area contributed by atoms with Crippen LogP contribution >= 0.6 is 0 Å². The number of nitrogens with one attached hydrogen (secondary N) is 2. The van der Waals surface area contributed by atoms with Crippen LogP contribution < -0.4 is 5.32 Å². The molecule has 6 unspecified atom stereocenters. The van der Waals surface area contributed by atoms with Crippen molar-refractivity contribution in [2.45, 2.75) is 77.4 Å². The van der Waals surface area contributed by atoms with E-state index in [1.807, 2.05) is 0 Å². The Bertz CT molecular complexity index is 599. The van der Waals surface area contributed by atoms with Gasteiger partial charge in [-0.05, 0) is 82.1 Å². The van der Waals surface area contributed by atoms with Gasteiger partial charge in [0.05, 0.1) is 6.10 Å². The van der Waals surface area contributed by atoms with E-state index in [1.165, 1.54) is 12.8 Å². The van der Waals surface area contributed by atoms with E-state index in [-0.39, 0.29) is 22.5 Å². The lowest BCUT2D eigenvalue weighted by Gasteiger charge is -2.60. The normalized spacial score (nSPS) is 53.9. The van der Waals surface area contributed by atoms with E-state index in [0.29, 0.717) is 17.8 Å². The lowest BCUT2D eigenvalue weighted by Crippen LogP contribution is -2.58. The topological polar surface area (TPSA) is 56.1 Å². The molecule has 0 heterocycles. The van der Waals surface area contributed by atoms with E-state index < -0.39 is 0 Å². The van der Waals surface area contributed by atoms with Crippen molar-refractivity contribution in [2.24, 2.45) is 28.6 Å². The predicted molar refractivity (Wildman–Crippen MR) is 98.3 cm³/mol. The van der Waals surface area contributed by atoms with Crippen LogP contribution in [0.2, 0.25) is 0 Å². The van der Waals surface area contributed by atoms with E-state index in [2.05, 4.69) is 39.2 Å². The summed E-state index contributed by atoms with van der Waals surface area (Å²) in [6, 6.07) is 0. The van der Waals surface area contributed by atoms with E-state index in [1.54, 1.807) is 5.57 Å². The number of hydrogen-bond acceptors (Lipinski definition) is 3. The first-order valence-electron chi connectivity index (χ1n) is 9.88. The zero-order valence-corrected chi connectivity index (χ0v) is 15.8. The molecule has 0 bridgehead atoms. The summed E-state index contributed by atoms with van der Waals surface area (Å²) < 4.78 is 0. The van der Waals surface area contributed by atoms with Crippen molar-refractivity contribution in [3.05, 3.63) is 11.6 Å². The van der Waals surface area contributed by atoms with Gasteiger partial charge in [-0.15, -0.1) is 0 Å². The minimum Gasteiger partial charge on any atom is -0.393 e. The summed E-state index contributed by atoms with van der Waals surface area (Å²) in [5.74, 6) is 1.56. The lowest BCUT2D eigenvalue weighted by molar-refractivity contribution is -0.100. The van der Waals surface area contributed by atoms with Crippen LogP contribution in [-0.2, 0) is 0 Å². The monoisotopic (exact) mass is 330 g/mol. The molecule has 3 saturated carbocycles. The molecule has 0 saturated heterocycles. The molecule has 4 aliphatic rings. The van der Waals surface area contributed by atoms with Crippen molar-refractivity contribution in [3.8, 4) is 0 Å². The molecule has 0 aliphatic heterocycles. The standard InChI is InChI=1S/C21H34N2O/c1-19(23-4)9-10-20(2)13(11-19)5-6-14-15-7-8-17(22)21(15,3)12-16(24)18(14)20/h5,14-16,18,22-24H,6-12H2,1-4H3/t14?,15?,16-,18?,19?,20?,21?/m1/s1. The van der Waals surface area contributed by atoms with E-state index in [9.17, 15) is 5.11 Å². The fraction of sp³-hybridized carbons (Fsp3) is 0.857. The highest BCUT2D eigenvalue weighted by Crippen LogP contribution is 2.64. The molecule has 0 aromatic rings. The van der Waals surface area contributed by atoms with Crippen molar-refractivity contribution >= 4 is 5.71 Å². The predicted octanol–water partition coefficient (Wildman–Crippen LogP) is 3.92. The van der Waals surface area contributed by atoms with Crippen LogP contribution in [0.5, 0.6) is 0 Å². The molecule has 4 rings (SSSR count). The highest BCUT2D eigenvalue weighted by atomic mass is 16.3. The van der Waals surface area contributed by atoms with Crippen LogP contribution in [0.1, 0.15) is 65.7 Å². The van der Waals surface area contributed by atoms with Crippen molar-refractivity contribution in [3.63, 3.8) is 0 Å². The Kier molecular flexibility index (Phi) is 3.61. The first-order valence-corrected chi connectivity index (χ1v) is 9.88. The molecule has 3 nitrogen and oxygen atoms in total. The summed E-state index contributed by atoms with van der Waals surface area (Å²) in [7, 11) is 2.08. The molecular formula is C21H34N2O. The summed E-state index contributed by atoms with van der Waals surface area (Å²) in [5, 5.41) is 23.2. The highest BCUT2D eigenvalue weighted by molar-refractivity contribution is 5.89. The molecule has 7 atom stereocenters. The van der Waals surface area contributed by atoms with E-state index in [4.69, 9.17) is 5.41 Å². The van der Waals surface area contributed by atoms with Gasteiger partial charge in [-0.2, -0.15) is 0 Å². The van der Waals surface area contributed by atoms with Crippen molar-refractivity contribution in [2.75, 3.05) is 7.05 Å². The third-order valence-electron chi connectivity index (χ3n) is 8.72. The molecule has 0 spiro atoms. The fourth-order valence-electron chi connectivity index (χ4n) is 6.98. The van der Waals surface area contributed by atoms with Crippen LogP contribution in [0.4, 0.5) is 0 Å². The van der Waals surface area contributed by atoms with Gasteiger partial charge in [0.15, 0.2) is 0 Å². The quantitative estimate of drug-likeness (QED) is 0.638. The second-order valence-electron chi connectivity index (χ2n) is 9.87. The largest absolute Gasteiger partial charge is 0.393 e. The third kappa shape index (κ3) is 2.07. The average molecular weight is 331 g/mol. The molecule has 0 radical (unpaired) electrons. The van der Waals surface area contributed by atoms with Crippen LogP contribution in [0.25, 0.3) is 0 Å². The second kappa shape index (κ2) is 5.17. The zero-order valence-electron chi connectivity index (χ0n) is 15.8. The first kappa shape index (κ1) is 16.8. The van der Waals surface area contributed by atoms with Gasteiger partial charge in [0.25, 0.3) is 0 Å². The maximum atomic E-state index is 11.2. The Morgan fingerprint density at radius 2 is 1.96 bits per heavy atom. The van der Waals surface area contributed by atoms with Gasteiger partial charge in [-0.1, -0.05) is 25.5 Å². The van der Waals surface area contributed by atoms with Gasteiger partial charge in [0.1, 0.15) is 0 Å². The van der Waals surface area contributed by atoms with Crippen molar-refractivity contribution in [1.82, 2.24) is 5.32 Å². The SMILES string of the molecule is CNC1(C)CCC2(C)C(=CCC3C4CCC(=N)C4(C)C[C@@H](O)C32)C1. The molecule has 134 valence electrons. The summed E-state index contributed by atoms with van der Waals surface area (Å²) in [4.78, 5) is 0. The summed E-state index contributed by atoms with van der Waals surface area (Å²) in [6.07, 6.45) is 9.79. The maximum absolute atomic E-state index is 11.2. The van der Waals surface area contributed by atoms with E-state index >= 15 is 0 Å². The average Bonchev–Trinajstić information content (AvgIpc) is 2.83. The summed E-state index contributed by atoms with van der Waals surface area (Å²) in [6.45, 7) is 7.02. The van der Waals surface area contributed by atoms with Gasteiger partial charge < -0.3 is 15.8 Å². The van der Waals surface area contributed by atoms with Crippen LogP contribution in [-0.4, -0.2) is 29.5 Å². The summed E-state index contributed by atoms with van der Waals surface area (Å²) >= 11 is 0. The van der Waals surface area contributed by atoms with Crippen molar-refractivity contribution < 1.29 is 5.11 Å². The molecular weight excluding hydrogens is 296 g/mol. The Morgan fingerprint density at radius 3 is 2.67 bits per heavy atom. The zero-order chi connectivity index (χ0) is 17.3. The van der Waals surface area contributed by atoms with Crippen LogP contribution in [0.3, 0.4) is 0 Å². The lowest BCUT2D eigenvalue weighted by atomic mass is 9.46. The number of rotatable bonds is 1. The van der Waals surface area contributed by atoms with Gasteiger partial charge in [-0.3, -0.25) is 0 Å². The first-order chi connectivity index (χ1) is 11.2. The van der Waals surface area contributed by atoms with Crippen LogP contribution in [0, 0.1) is 34.0 Å². The second-order valence-corrected chi connectivity index (χ2v) is 9.87. The number of aliphatic hydroxyl groups is 1. The maximum Gasteiger partial charge on any atom is 0.0588 e. The highest BCUT2D eigenvalue weighted by Gasteiger charge is 2.61. The van der Waals surface area contributed by atoms with Gasteiger partial charge in [-0.25, -0.2) is 0 Å². The number of allylic oxidation sites excluding steroid dienone is 1. The number of hydrogen-bond donors (Lipinski definition) is 3. The Hall–Kier alpha value is -0.670. The van der Waals surface area contributed by atoms with Gasteiger partial charge in [0.2, 0.25) is 0 Å². The molecule has 4 aliphatic carbocycles. The molecule has 3 heteroatoms. The summed E-state index contributed by atoms with van der Waals surface area (Å²) in [5.41, 5.74) is 2.81. The Morgan fingerprint density at radius 1 is 1.21 bits per heavy atom. The minimum absolute atomic E-state index is 0.0452. The smallest absolute Gasteiger partial charge is 0.0588 e. The van der Waals surface area contributed by atoms with Gasteiger partial charge >= 0.3 is 0 Å².